The maximum absolute atomic E-state index is 5.54. The number of aryl methyl sites for hydroxylation is 2. The number of rotatable bonds is 6. The predicted octanol–water partition coefficient (Wildman–Crippen LogP) is 7.81. The molecule has 0 aromatic heterocycles. The van der Waals surface area contributed by atoms with Crippen molar-refractivity contribution in [2.45, 2.75) is 23.6 Å². The summed E-state index contributed by atoms with van der Waals surface area (Å²) in [5.41, 5.74) is 7.25. The number of ether oxygens (including phenoxy) is 2. The van der Waals surface area contributed by atoms with Crippen LogP contribution in [0.1, 0.15) is 11.1 Å². The Kier molecular flexibility index (Phi) is 6.34. The summed E-state index contributed by atoms with van der Waals surface area (Å²) in [4.78, 5) is 2.29. The molecule has 0 atom stereocenters. The number of hydrogen-bond donors (Lipinski definition) is 0. The molecule has 0 saturated heterocycles. The predicted molar refractivity (Wildman–Crippen MR) is 130 cm³/mol. The SMILES string of the molecule is COc1ccc(-c2ccc(C)cc2)c(Sc2cc(OC)ccc2-c2ccc(C)cc2)c1. The molecule has 2 nitrogen and oxygen atoms in total. The van der Waals surface area contributed by atoms with Gasteiger partial charge in [0, 0.05) is 9.79 Å². The van der Waals surface area contributed by atoms with Crippen molar-refractivity contribution in [1.29, 1.82) is 0 Å². The molecule has 0 aliphatic carbocycles. The first-order chi connectivity index (χ1) is 15.1. The lowest BCUT2D eigenvalue weighted by Crippen LogP contribution is -1.90. The highest BCUT2D eigenvalue weighted by molar-refractivity contribution is 7.99. The van der Waals surface area contributed by atoms with Gasteiger partial charge in [-0.05, 0) is 72.5 Å². The lowest BCUT2D eigenvalue weighted by Gasteiger charge is -2.15. The van der Waals surface area contributed by atoms with E-state index in [-0.39, 0.29) is 0 Å². The van der Waals surface area contributed by atoms with E-state index in [1.165, 1.54) is 33.4 Å². The zero-order chi connectivity index (χ0) is 21.8. The van der Waals surface area contributed by atoms with Crippen molar-refractivity contribution in [3.05, 3.63) is 96.1 Å². The van der Waals surface area contributed by atoms with Gasteiger partial charge in [-0.2, -0.15) is 0 Å². The third kappa shape index (κ3) is 4.78. The average molecular weight is 427 g/mol. The van der Waals surface area contributed by atoms with Crippen LogP contribution in [0.2, 0.25) is 0 Å². The van der Waals surface area contributed by atoms with Crippen molar-refractivity contribution in [3.63, 3.8) is 0 Å². The van der Waals surface area contributed by atoms with Gasteiger partial charge in [-0.15, -0.1) is 0 Å². The summed E-state index contributed by atoms with van der Waals surface area (Å²) in [6.07, 6.45) is 0. The Hall–Kier alpha value is -3.17. The zero-order valence-electron chi connectivity index (χ0n) is 18.3. The fraction of sp³-hybridized carbons (Fsp3) is 0.143. The summed E-state index contributed by atoms with van der Waals surface area (Å²) < 4.78 is 11.1. The molecular weight excluding hydrogens is 400 g/mol. The van der Waals surface area contributed by atoms with E-state index in [0.29, 0.717) is 0 Å². The van der Waals surface area contributed by atoms with Crippen LogP contribution in [0.15, 0.2) is 94.7 Å². The largest absolute Gasteiger partial charge is 0.497 e. The van der Waals surface area contributed by atoms with E-state index in [1.807, 2.05) is 12.1 Å². The van der Waals surface area contributed by atoms with Crippen LogP contribution >= 0.6 is 11.8 Å². The van der Waals surface area contributed by atoms with E-state index in [1.54, 1.807) is 26.0 Å². The molecular formula is C28H26O2S. The van der Waals surface area contributed by atoms with Crippen LogP contribution in [-0.2, 0) is 0 Å². The Balaban J connectivity index is 1.83. The second-order valence-corrected chi connectivity index (χ2v) is 8.64. The van der Waals surface area contributed by atoms with Gasteiger partial charge < -0.3 is 9.47 Å². The minimum atomic E-state index is 0.846. The van der Waals surface area contributed by atoms with Crippen LogP contribution in [0, 0.1) is 13.8 Å². The molecule has 0 heterocycles. The molecule has 0 aliphatic rings. The maximum atomic E-state index is 5.54. The van der Waals surface area contributed by atoms with E-state index < -0.39 is 0 Å². The van der Waals surface area contributed by atoms with Gasteiger partial charge in [0.1, 0.15) is 11.5 Å². The van der Waals surface area contributed by atoms with Crippen molar-refractivity contribution >= 4 is 11.8 Å². The fourth-order valence-corrected chi connectivity index (χ4v) is 4.67. The van der Waals surface area contributed by atoms with Gasteiger partial charge >= 0.3 is 0 Å². The fourth-order valence-electron chi connectivity index (χ4n) is 3.49. The second-order valence-electron chi connectivity index (χ2n) is 7.56. The first-order valence-corrected chi connectivity index (χ1v) is 11.1. The van der Waals surface area contributed by atoms with Gasteiger partial charge in [0.25, 0.3) is 0 Å². The van der Waals surface area contributed by atoms with Gasteiger partial charge in [-0.25, -0.2) is 0 Å². The lowest BCUT2D eigenvalue weighted by atomic mass is 10.0. The number of methoxy groups -OCH3 is 2. The van der Waals surface area contributed by atoms with E-state index in [4.69, 9.17) is 9.47 Å². The summed E-state index contributed by atoms with van der Waals surface area (Å²) in [6, 6.07) is 29.8. The van der Waals surface area contributed by atoms with E-state index >= 15 is 0 Å². The summed E-state index contributed by atoms with van der Waals surface area (Å²) in [5.74, 6) is 1.69. The number of benzene rings is 4. The van der Waals surface area contributed by atoms with Crippen LogP contribution in [0.25, 0.3) is 22.3 Å². The maximum Gasteiger partial charge on any atom is 0.120 e. The van der Waals surface area contributed by atoms with Crippen LogP contribution in [0.4, 0.5) is 0 Å². The molecule has 0 aliphatic heterocycles. The highest BCUT2D eigenvalue weighted by atomic mass is 32.2. The Bertz CT molecular complexity index is 1080. The minimum absolute atomic E-state index is 0.846. The molecule has 0 fully saturated rings. The van der Waals surface area contributed by atoms with E-state index in [9.17, 15) is 0 Å². The van der Waals surface area contributed by atoms with Crippen molar-refractivity contribution in [2.24, 2.45) is 0 Å². The monoisotopic (exact) mass is 426 g/mol. The van der Waals surface area contributed by atoms with Crippen LogP contribution in [-0.4, -0.2) is 14.2 Å². The van der Waals surface area contributed by atoms with Crippen molar-refractivity contribution in [2.75, 3.05) is 14.2 Å². The average Bonchev–Trinajstić information content (AvgIpc) is 2.80. The highest BCUT2D eigenvalue weighted by Crippen LogP contribution is 2.43. The molecule has 4 aromatic rings. The molecule has 4 rings (SSSR count). The molecule has 0 N–H and O–H groups in total. The molecule has 0 spiro atoms. The van der Waals surface area contributed by atoms with Gasteiger partial charge in [0.15, 0.2) is 0 Å². The molecule has 0 bridgehead atoms. The summed E-state index contributed by atoms with van der Waals surface area (Å²) >= 11 is 1.74. The topological polar surface area (TPSA) is 18.5 Å². The Morgan fingerprint density at radius 3 is 1.26 bits per heavy atom. The van der Waals surface area contributed by atoms with E-state index in [0.717, 1.165) is 21.3 Å². The smallest absolute Gasteiger partial charge is 0.120 e. The van der Waals surface area contributed by atoms with Crippen LogP contribution < -0.4 is 9.47 Å². The Morgan fingerprint density at radius 2 is 0.903 bits per heavy atom. The molecule has 0 saturated carbocycles. The van der Waals surface area contributed by atoms with Gasteiger partial charge in [0.05, 0.1) is 14.2 Å². The quantitative estimate of drug-likeness (QED) is 0.313. The van der Waals surface area contributed by atoms with Crippen molar-refractivity contribution < 1.29 is 9.47 Å². The van der Waals surface area contributed by atoms with Gasteiger partial charge in [-0.1, -0.05) is 71.4 Å². The molecule has 3 heteroatoms. The molecule has 156 valence electrons. The van der Waals surface area contributed by atoms with Crippen LogP contribution in [0.5, 0.6) is 11.5 Å². The third-order valence-electron chi connectivity index (χ3n) is 5.32. The Labute approximate surface area is 188 Å². The summed E-state index contributed by atoms with van der Waals surface area (Å²) in [7, 11) is 3.41. The Morgan fingerprint density at radius 1 is 0.516 bits per heavy atom. The molecule has 0 unspecified atom stereocenters. The first kappa shape index (κ1) is 21.1. The normalized spacial score (nSPS) is 10.7. The van der Waals surface area contributed by atoms with Crippen LogP contribution in [0.3, 0.4) is 0 Å². The van der Waals surface area contributed by atoms with E-state index in [2.05, 4.69) is 86.6 Å². The molecule has 0 radical (unpaired) electrons. The summed E-state index contributed by atoms with van der Waals surface area (Å²) in [5, 5.41) is 0. The molecule has 4 aromatic carbocycles. The van der Waals surface area contributed by atoms with Crippen molar-refractivity contribution in [3.8, 4) is 33.8 Å². The second kappa shape index (κ2) is 9.32. The summed E-state index contributed by atoms with van der Waals surface area (Å²) in [6.45, 7) is 4.22. The lowest BCUT2D eigenvalue weighted by molar-refractivity contribution is 0.413. The third-order valence-corrected chi connectivity index (χ3v) is 6.44. The van der Waals surface area contributed by atoms with Gasteiger partial charge in [0.2, 0.25) is 0 Å². The first-order valence-electron chi connectivity index (χ1n) is 10.3. The molecule has 31 heavy (non-hydrogen) atoms. The highest BCUT2D eigenvalue weighted by Gasteiger charge is 2.14. The minimum Gasteiger partial charge on any atom is -0.497 e. The van der Waals surface area contributed by atoms with Crippen molar-refractivity contribution in [1.82, 2.24) is 0 Å². The van der Waals surface area contributed by atoms with Gasteiger partial charge in [-0.3, -0.25) is 0 Å². The standard InChI is InChI=1S/C28H26O2S/c1-19-5-9-21(10-6-19)25-15-13-23(29-3)17-27(25)31-28-18-24(30-4)14-16-26(28)22-11-7-20(2)8-12-22/h5-18H,1-4H3. The number of hydrogen-bond acceptors (Lipinski definition) is 3. The molecule has 0 amide bonds. The zero-order valence-corrected chi connectivity index (χ0v) is 19.1.